The van der Waals surface area contributed by atoms with Crippen molar-refractivity contribution in [1.29, 1.82) is 0 Å². The second-order valence-electron chi connectivity index (χ2n) is 6.39. The summed E-state index contributed by atoms with van der Waals surface area (Å²) < 4.78 is 13.0. The number of aromatic amines is 1. The monoisotopic (exact) mass is 337 g/mol. The van der Waals surface area contributed by atoms with Crippen LogP contribution in [0.5, 0.6) is 0 Å². The number of benzene rings is 2. The van der Waals surface area contributed by atoms with Crippen molar-refractivity contribution >= 4 is 22.9 Å². The van der Waals surface area contributed by atoms with Gasteiger partial charge in [-0.15, -0.1) is 0 Å². The molecule has 0 saturated heterocycles. The van der Waals surface area contributed by atoms with E-state index >= 15 is 0 Å². The van der Waals surface area contributed by atoms with Crippen molar-refractivity contribution in [2.45, 2.75) is 25.3 Å². The number of nitrogens with zero attached hydrogens (tertiary/aromatic N) is 1. The molecule has 1 aromatic heterocycles. The average Bonchev–Trinajstić information content (AvgIpc) is 3.37. The van der Waals surface area contributed by atoms with Gasteiger partial charge in [0.25, 0.3) is 0 Å². The zero-order valence-corrected chi connectivity index (χ0v) is 13.7. The highest BCUT2D eigenvalue weighted by Gasteiger charge is 2.25. The molecule has 25 heavy (non-hydrogen) atoms. The Morgan fingerprint density at radius 3 is 2.68 bits per heavy atom. The van der Waals surface area contributed by atoms with Gasteiger partial charge in [0.2, 0.25) is 0 Å². The summed E-state index contributed by atoms with van der Waals surface area (Å²) in [6.07, 6.45) is 2.46. The third-order valence-electron chi connectivity index (χ3n) is 4.34. The minimum absolute atomic E-state index is 0.229. The molecule has 3 aromatic rings. The Hall–Kier alpha value is -3.02. The lowest BCUT2D eigenvalue weighted by atomic mass is 10.2. The lowest BCUT2D eigenvalue weighted by molar-refractivity contribution is 0.627. The van der Waals surface area contributed by atoms with E-state index < -0.39 is 0 Å². The maximum absolute atomic E-state index is 13.0. The molecule has 1 heterocycles. The highest BCUT2D eigenvalue weighted by atomic mass is 19.1. The SMILES string of the molecule is Nc1ccc(NCc2ccc(F)cc2)cc1Nc1cc(C2CC2)[nH]n1. The molecule has 1 aliphatic rings. The number of anilines is 4. The predicted octanol–water partition coefficient (Wildman–Crippen LogP) is 4.36. The average molecular weight is 337 g/mol. The number of rotatable bonds is 6. The number of hydrogen-bond donors (Lipinski definition) is 4. The highest BCUT2D eigenvalue weighted by molar-refractivity contribution is 5.75. The molecule has 0 bridgehead atoms. The van der Waals surface area contributed by atoms with Crippen LogP contribution in [0.15, 0.2) is 48.5 Å². The van der Waals surface area contributed by atoms with Crippen LogP contribution in [-0.2, 0) is 6.54 Å². The summed E-state index contributed by atoms with van der Waals surface area (Å²) in [5.74, 6) is 1.17. The van der Waals surface area contributed by atoms with E-state index in [2.05, 4.69) is 20.8 Å². The van der Waals surface area contributed by atoms with Gasteiger partial charge in [0.15, 0.2) is 5.82 Å². The Bertz CT molecular complexity index is 868. The van der Waals surface area contributed by atoms with Gasteiger partial charge in [-0.25, -0.2) is 4.39 Å². The van der Waals surface area contributed by atoms with Crippen LogP contribution in [0, 0.1) is 5.82 Å². The largest absolute Gasteiger partial charge is 0.397 e. The van der Waals surface area contributed by atoms with Gasteiger partial charge in [0.1, 0.15) is 5.82 Å². The van der Waals surface area contributed by atoms with Crippen LogP contribution < -0.4 is 16.4 Å². The fraction of sp³-hybridized carbons (Fsp3) is 0.211. The number of H-pyrrole nitrogens is 1. The van der Waals surface area contributed by atoms with Gasteiger partial charge >= 0.3 is 0 Å². The van der Waals surface area contributed by atoms with E-state index in [1.165, 1.54) is 30.7 Å². The van der Waals surface area contributed by atoms with Crippen molar-refractivity contribution in [2.75, 3.05) is 16.4 Å². The van der Waals surface area contributed by atoms with Crippen molar-refractivity contribution in [3.63, 3.8) is 0 Å². The maximum Gasteiger partial charge on any atom is 0.152 e. The molecule has 1 saturated carbocycles. The van der Waals surface area contributed by atoms with Gasteiger partial charge in [-0.1, -0.05) is 12.1 Å². The molecule has 1 aliphatic carbocycles. The summed E-state index contributed by atoms with van der Waals surface area (Å²) in [7, 11) is 0. The fourth-order valence-electron chi connectivity index (χ4n) is 2.72. The second kappa shape index (κ2) is 6.47. The molecule has 0 aliphatic heterocycles. The molecule has 0 spiro atoms. The van der Waals surface area contributed by atoms with Crippen LogP contribution in [-0.4, -0.2) is 10.2 Å². The first-order valence-electron chi connectivity index (χ1n) is 8.37. The molecular weight excluding hydrogens is 317 g/mol. The van der Waals surface area contributed by atoms with E-state index in [-0.39, 0.29) is 5.82 Å². The normalized spacial score (nSPS) is 13.6. The van der Waals surface area contributed by atoms with E-state index in [0.717, 1.165) is 22.8 Å². The van der Waals surface area contributed by atoms with Crippen molar-refractivity contribution in [3.05, 3.63) is 65.6 Å². The van der Waals surface area contributed by atoms with Crippen LogP contribution in [0.4, 0.5) is 27.3 Å². The van der Waals surface area contributed by atoms with Crippen molar-refractivity contribution in [1.82, 2.24) is 10.2 Å². The highest BCUT2D eigenvalue weighted by Crippen LogP contribution is 2.40. The Balaban J connectivity index is 1.44. The smallest absolute Gasteiger partial charge is 0.152 e. The van der Waals surface area contributed by atoms with E-state index in [1.807, 2.05) is 24.3 Å². The molecule has 128 valence electrons. The first kappa shape index (κ1) is 15.5. The molecular formula is C19H20FN5. The Morgan fingerprint density at radius 1 is 1.12 bits per heavy atom. The molecule has 0 unspecified atom stereocenters. The maximum atomic E-state index is 13.0. The third-order valence-corrected chi connectivity index (χ3v) is 4.34. The number of nitrogen functional groups attached to an aromatic ring is 1. The number of aromatic nitrogens is 2. The van der Waals surface area contributed by atoms with Gasteiger partial charge in [0, 0.05) is 29.9 Å². The van der Waals surface area contributed by atoms with Crippen molar-refractivity contribution in [3.8, 4) is 0 Å². The Labute approximate surface area is 145 Å². The zero-order chi connectivity index (χ0) is 17.2. The fourth-order valence-corrected chi connectivity index (χ4v) is 2.72. The number of nitrogens with one attached hydrogen (secondary N) is 3. The summed E-state index contributed by atoms with van der Waals surface area (Å²) in [6, 6.07) is 14.2. The minimum Gasteiger partial charge on any atom is -0.397 e. The topological polar surface area (TPSA) is 78.8 Å². The van der Waals surface area contributed by atoms with Gasteiger partial charge in [-0.3, -0.25) is 5.10 Å². The molecule has 5 nitrogen and oxygen atoms in total. The van der Waals surface area contributed by atoms with Gasteiger partial charge in [-0.2, -0.15) is 5.10 Å². The van der Waals surface area contributed by atoms with E-state index in [9.17, 15) is 4.39 Å². The summed E-state index contributed by atoms with van der Waals surface area (Å²) >= 11 is 0. The third kappa shape index (κ3) is 3.74. The first-order valence-corrected chi connectivity index (χ1v) is 8.37. The van der Waals surface area contributed by atoms with Crippen molar-refractivity contribution < 1.29 is 4.39 Å². The van der Waals surface area contributed by atoms with Crippen LogP contribution in [0.25, 0.3) is 0 Å². The Morgan fingerprint density at radius 2 is 1.92 bits per heavy atom. The van der Waals surface area contributed by atoms with Gasteiger partial charge in [0.05, 0.1) is 11.4 Å². The Kier molecular flexibility index (Phi) is 4.01. The molecule has 0 atom stereocenters. The van der Waals surface area contributed by atoms with E-state index in [0.29, 0.717) is 18.2 Å². The summed E-state index contributed by atoms with van der Waals surface area (Å²) in [6.45, 7) is 0.609. The second-order valence-corrected chi connectivity index (χ2v) is 6.39. The van der Waals surface area contributed by atoms with E-state index in [1.54, 1.807) is 12.1 Å². The molecule has 2 aromatic carbocycles. The molecule has 5 N–H and O–H groups in total. The van der Waals surface area contributed by atoms with Crippen LogP contribution in [0.2, 0.25) is 0 Å². The van der Waals surface area contributed by atoms with Crippen LogP contribution in [0.1, 0.15) is 30.0 Å². The van der Waals surface area contributed by atoms with Crippen molar-refractivity contribution in [2.24, 2.45) is 0 Å². The zero-order valence-electron chi connectivity index (χ0n) is 13.7. The molecule has 1 fully saturated rings. The lowest BCUT2D eigenvalue weighted by Crippen LogP contribution is -2.02. The standard InChI is InChI=1S/C19H20FN5/c20-14-5-1-12(2-6-14)11-22-15-7-8-16(21)18(9-15)23-19-10-17(24-25-19)13-3-4-13/h1-2,5-10,13,22H,3-4,11,21H2,(H2,23,24,25). The van der Waals surface area contributed by atoms with Crippen LogP contribution >= 0.6 is 0 Å². The van der Waals surface area contributed by atoms with Crippen LogP contribution in [0.3, 0.4) is 0 Å². The minimum atomic E-state index is -0.229. The predicted molar refractivity (Wildman–Crippen MR) is 98.4 cm³/mol. The lowest BCUT2D eigenvalue weighted by Gasteiger charge is -2.11. The summed E-state index contributed by atoms with van der Waals surface area (Å²) in [5, 5.41) is 14.0. The molecule has 0 radical (unpaired) electrons. The quantitative estimate of drug-likeness (QED) is 0.504. The van der Waals surface area contributed by atoms with E-state index in [4.69, 9.17) is 5.73 Å². The molecule has 0 amide bonds. The first-order chi connectivity index (χ1) is 12.2. The number of hydrogen-bond acceptors (Lipinski definition) is 4. The number of halogens is 1. The summed E-state index contributed by atoms with van der Waals surface area (Å²) in [5.41, 5.74) is 10.6. The molecule has 6 heteroatoms. The van der Waals surface area contributed by atoms with Gasteiger partial charge < -0.3 is 16.4 Å². The number of nitrogens with two attached hydrogens (primary N) is 1. The van der Waals surface area contributed by atoms with Gasteiger partial charge in [-0.05, 0) is 48.7 Å². The summed E-state index contributed by atoms with van der Waals surface area (Å²) in [4.78, 5) is 0. The molecule has 4 rings (SSSR count).